The fourth-order valence-electron chi connectivity index (χ4n) is 1.41. The monoisotopic (exact) mass is 192 g/mol. The lowest BCUT2D eigenvalue weighted by Crippen LogP contribution is -1.97. The Hall–Kier alpha value is -0.860. The van der Waals surface area contributed by atoms with Crippen LogP contribution in [0.5, 0.6) is 0 Å². The zero-order valence-electron chi connectivity index (χ0n) is 8.32. The van der Waals surface area contributed by atoms with Gasteiger partial charge in [0.1, 0.15) is 0 Å². The van der Waals surface area contributed by atoms with Gasteiger partial charge in [-0.15, -0.1) is 0 Å². The van der Waals surface area contributed by atoms with Gasteiger partial charge in [0.25, 0.3) is 0 Å². The molecule has 2 rings (SSSR count). The second-order valence-electron chi connectivity index (χ2n) is 3.64. The maximum Gasteiger partial charge on any atom is 0.0810 e. The van der Waals surface area contributed by atoms with E-state index in [4.69, 9.17) is 9.47 Å². The lowest BCUT2D eigenvalue weighted by atomic mass is 10.2. The molecular weight excluding hydrogens is 176 g/mol. The minimum atomic E-state index is 0.537. The van der Waals surface area contributed by atoms with E-state index in [1.165, 1.54) is 5.56 Å². The fourth-order valence-corrected chi connectivity index (χ4v) is 1.41. The average molecular weight is 192 g/mol. The minimum Gasteiger partial charge on any atom is -0.377 e. The summed E-state index contributed by atoms with van der Waals surface area (Å²) in [6.45, 7) is 2.53. The fraction of sp³-hybridized carbons (Fsp3) is 0.500. The molecule has 2 nitrogen and oxygen atoms in total. The molecule has 1 saturated heterocycles. The molecule has 1 fully saturated rings. The van der Waals surface area contributed by atoms with Crippen LogP contribution in [0.15, 0.2) is 30.3 Å². The highest BCUT2D eigenvalue weighted by atomic mass is 16.6. The maximum absolute atomic E-state index is 5.54. The molecule has 1 aliphatic heterocycles. The van der Waals surface area contributed by atoms with Crippen LogP contribution in [0, 0.1) is 0 Å². The van der Waals surface area contributed by atoms with Crippen LogP contribution < -0.4 is 0 Å². The third-order valence-electron chi connectivity index (χ3n) is 2.33. The van der Waals surface area contributed by atoms with E-state index >= 15 is 0 Å². The van der Waals surface area contributed by atoms with Crippen LogP contribution in [0.1, 0.15) is 18.4 Å². The van der Waals surface area contributed by atoms with Crippen molar-refractivity contribution in [2.45, 2.75) is 25.6 Å². The Kier molecular flexibility index (Phi) is 3.55. The zero-order chi connectivity index (χ0) is 9.64. The molecule has 1 heterocycles. The summed E-state index contributed by atoms with van der Waals surface area (Å²) in [6, 6.07) is 10.3. The van der Waals surface area contributed by atoms with Gasteiger partial charge >= 0.3 is 0 Å². The first kappa shape index (κ1) is 9.69. The molecule has 76 valence electrons. The van der Waals surface area contributed by atoms with E-state index < -0.39 is 0 Å². The summed E-state index contributed by atoms with van der Waals surface area (Å²) >= 11 is 0. The second kappa shape index (κ2) is 5.13. The van der Waals surface area contributed by atoms with E-state index in [-0.39, 0.29) is 0 Å². The maximum atomic E-state index is 5.54. The summed E-state index contributed by atoms with van der Waals surface area (Å²) in [5, 5.41) is 0. The van der Waals surface area contributed by atoms with Crippen LogP contribution in [0.3, 0.4) is 0 Å². The van der Waals surface area contributed by atoms with Crippen molar-refractivity contribution in [2.75, 3.05) is 13.2 Å². The van der Waals surface area contributed by atoms with Gasteiger partial charge in [-0.2, -0.15) is 0 Å². The number of hydrogen-bond donors (Lipinski definition) is 0. The van der Waals surface area contributed by atoms with E-state index in [0.717, 1.165) is 32.7 Å². The van der Waals surface area contributed by atoms with Crippen molar-refractivity contribution in [3.8, 4) is 0 Å². The molecule has 0 saturated carbocycles. The average Bonchev–Trinajstić information content (AvgIpc) is 3.03. The lowest BCUT2D eigenvalue weighted by Gasteiger charge is -2.02. The van der Waals surface area contributed by atoms with Crippen molar-refractivity contribution < 1.29 is 9.47 Å². The van der Waals surface area contributed by atoms with Gasteiger partial charge < -0.3 is 9.47 Å². The molecule has 2 heteroatoms. The van der Waals surface area contributed by atoms with Crippen molar-refractivity contribution in [3.05, 3.63) is 35.9 Å². The Morgan fingerprint density at radius 3 is 2.79 bits per heavy atom. The lowest BCUT2D eigenvalue weighted by molar-refractivity contribution is 0.115. The Bertz CT molecular complexity index is 254. The molecule has 0 amide bonds. The highest BCUT2D eigenvalue weighted by Gasteiger charge is 2.20. The molecule has 0 radical (unpaired) electrons. The van der Waals surface area contributed by atoms with Crippen molar-refractivity contribution in [1.82, 2.24) is 0 Å². The van der Waals surface area contributed by atoms with Gasteiger partial charge in [0.15, 0.2) is 0 Å². The number of hydrogen-bond acceptors (Lipinski definition) is 2. The molecule has 0 N–H and O–H groups in total. The first-order valence-electron chi connectivity index (χ1n) is 5.18. The van der Waals surface area contributed by atoms with Gasteiger partial charge in [-0.1, -0.05) is 30.3 Å². The summed E-state index contributed by atoms with van der Waals surface area (Å²) in [7, 11) is 0. The highest BCUT2D eigenvalue weighted by molar-refractivity contribution is 5.13. The van der Waals surface area contributed by atoms with Gasteiger partial charge in [-0.05, 0) is 18.4 Å². The van der Waals surface area contributed by atoms with Gasteiger partial charge in [0, 0.05) is 6.61 Å². The first-order valence-corrected chi connectivity index (χ1v) is 5.18. The summed E-state index contributed by atoms with van der Waals surface area (Å²) in [5.74, 6) is 0. The highest BCUT2D eigenvalue weighted by Crippen LogP contribution is 2.15. The molecule has 1 aliphatic rings. The quantitative estimate of drug-likeness (QED) is 0.510. The molecule has 0 bridgehead atoms. The van der Waals surface area contributed by atoms with Gasteiger partial charge in [-0.3, -0.25) is 0 Å². The second-order valence-corrected chi connectivity index (χ2v) is 3.64. The SMILES string of the molecule is c1ccc(COCCC[C@@H]2CO2)cc1. The zero-order valence-corrected chi connectivity index (χ0v) is 8.32. The normalized spacial score (nSPS) is 19.6. The summed E-state index contributed by atoms with van der Waals surface area (Å²) in [6.07, 6.45) is 2.79. The third-order valence-corrected chi connectivity index (χ3v) is 2.33. The number of rotatable bonds is 6. The molecule has 1 atom stereocenters. The van der Waals surface area contributed by atoms with E-state index in [1.807, 2.05) is 18.2 Å². The van der Waals surface area contributed by atoms with Crippen LogP contribution in [-0.4, -0.2) is 19.3 Å². The van der Waals surface area contributed by atoms with Gasteiger partial charge in [0.05, 0.1) is 19.3 Å². The standard InChI is InChI=1S/C12H16O2/c1-2-5-11(6-3-1)9-13-8-4-7-12-10-14-12/h1-3,5-6,12H,4,7-10H2/t12-/m1/s1. The van der Waals surface area contributed by atoms with Crippen LogP contribution in [-0.2, 0) is 16.1 Å². The summed E-state index contributed by atoms with van der Waals surface area (Å²) < 4.78 is 10.7. The number of benzene rings is 1. The predicted molar refractivity (Wildman–Crippen MR) is 55.1 cm³/mol. The van der Waals surface area contributed by atoms with Crippen LogP contribution in [0.2, 0.25) is 0 Å². The molecular formula is C12H16O2. The van der Waals surface area contributed by atoms with Crippen molar-refractivity contribution >= 4 is 0 Å². The first-order chi connectivity index (χ1) is 6.95. The Labute approximate surface area is 84.8 Å². The van der Waals surface area contributed by atoms with E-state index in [9.17, 15) is 0 Å². The van der Waals surface area contributed by atoms with Crippen LogP contribution in [0.25, 0.3) is 0 Å². The summed E-state index contributed by atoms with van der Waals surface area (Å²) in [5.41, 5.74) is 1.25. The van der Waals surface area contributed by atoms with Crippen molar-refractivity contribution in [1.29, 1.82) is 0 Å². The smallest absolute Gasteiger partial charge is 0.0810 e. The number of epoxide rings is 1. The molecule has 0 unspecified atom stereocenters. The van der Waals surface area contributed by atoms with Crippen LogP contribution >= 0.6 is 0 Å². The molecule has 1 aromatic carbocycles. The largest absolute Gasteiger partial charge is 0.377 e. The van der Waals surface area contributed by atoms with Gasteiger partial charge in [-0.25, -0.2) is 0 Å². The molecule has 14 heavy (non-hydrogen) atoms. The Morgan fingerprint density at radius 2 is 2.07 bits per heavy atom. The van der Waals surface area contributed by atoms with Crippen molar-refractivity contribution in [2.24, 2.45) is 0 Å². The minimum absolute atomic E-state index is 0.537. The van der Waals surface area contributed by atoms with Crippen molar-refractivity contribution in [3.63, 3.8) is 0 Å². The van der Waals surface area contributed by atoms with Crippen LogP contribution in [0.4, 0.5) is 0 Å². The topological polar surface area (TPSA) is 21.8 Å². The summed E-state index contributed by atoms with van der Waals surface area (Å²) in [4.78, 5) is 0. The van der Waals surface area contributed by atoms with E-state index in [2.05, 4.69) is 12.1 Å². The van der Waals surface area contributed by atoms with Gasteiger partial charge in [0.2, 0.25) is 0 Å². The molecule has 0 aromatic heterocycles. The number of ether oxygens (including phenoxy) is 2. The van der Waals surface area contributed by atoms with E-state index in [0.29, 0.717) is 6.10 Å². The third kappa shape index (κ3) is 3.48. The van der Waals surface area contributed by atoms with E-state index in [1.54, 1.807) is 0 Å². The molecule has 0 aliphatic carbocycles. The predicted octanol–water partition coefficient (Wildman–Crippen LogP) is 2.38. The Morgan fingerprint density at radius 1 is 1.29 bits per heavy atom. The molecule has 0 spiro atoms. The molecule has 1 aromatic rings. The Balaban J connectivity index is 1.54.